The van der Waals surface area contributed by atoms with Crippen molar-refractivity contribution in [1.29, 1.82) is 0 Å². The molecule has 1 aromatic carbocycles. The lowest BCUT2D eigenvalue weighted by atomic mass is 10.0. The Bertz CT molecular complexity index is 446. The second-order valence-electron chi connectivity index (χ2n) is 5.11. The quantitative estimate of drug-likeness (QED) is 0.536. The fourth-order valence-electron chi connectivity index (χ4n) is 2.16. The molecular formula is C17H25BrO3. The highest BCUT2D eigenvalue weighted by atomic mass is 79.9. The molecule has 21 heavy (non-hydrogen) atoms. The number of unbranched alkanes of at least 4 members (excludes halogenated alkanes) is 1. The zero-order valence-corrected chi connectivity index (χ0v) is 14.7. The summed E-state index contributed by atoms with van der Waals surface area (Å²) in [6.07, 6.45) is 5.53. The standard InChI is InChI=1S/C17H25BrO3/c1-4-7-8-13(5-2)12-21-17-15(18)9-14(11-19)10-16(17)20-6-3/h9-11,13H,4-8,12H2,1-3H3. The molecule has 0 bridgehead atoms. The summed E-state index contributed by atoms with van der Waals surface area (Å²) in [4.78, 5) is 10.9. The largest absolute Gasteiger partial charge is 0.490 e. The van der Waals surface area contributed by atoms with E-state index in [0.717, 1.165) is 17.2 Å². The molecule has 0 heterocycles. The van der Waals surface area contributed by atoms with Crippen LogP contribution in [0, 0.1) is 5.92 Å². The lowest BCUT2D eigenvalue weighted by molar-refractivity contribution is 0.112. The lowest BCUT2D eigenvalue weighted by Crippen LogP contribution is -2.12. The zero-order valence-electron chi connectivity index (χ0n) is 13.2. The number of halogens is 1. The highest BCUT2D eigenvalue weighted by Gasteiger charge is 2.14. The minimum atomic E-state index is 0.540. The summed E-state index contributed by atoms with van der Waals surface area (Å²) in [6.45, 7) is 7.53. The molecule has 0 fully saturated rings. The number of carbonyl (C=O) groups excluding carboxylic acids is 1. The molecule has 0 aliphatic carbocycles. The fourth-order valence-corrected chi connectivity index (χ4v) is 2.73. The Morgan fingerprint density at radius 3 is 2.57 bits per heavy atom. The van der Waals surface area contributed by atoms with Crippen molar-refractivity contribution in [2.75, 3.05) is 13.2 Å². The molecular weight excluding hydrogens is 332 g/mol. The number of ether oxygens (including phenoxy) is 2. The molecule has 1 unspecified atom stereocenters. The van der Waals surface area contributed by atoms with E-state index in [4.69, 9.17) is 9.47 Å². The fraction of sp³-hybridized carbons (Fsp3) is 0.588. The Morgan fingerprint density at radius 1 is 1.24 bits per heavy atom. The van der Waals surface area contributed by atoms with Crippen molar-refractivity contribution in [3.05, 3.63) is 22.2 Å². The molecule has 1 aromatic rings. The van der Waals surface area contributed by atoms with Crippen LogP contribution in [0.4, 0.5) is 0 Å². The number of benzene rings is 1. The first kappa shape index (κ1) is 18.0. The summed E-state index contributed by atoms with van der Waals surface area (Å²) in [6, 6.07) is 3.49. The topological polar surface area (TPSA) is 35.5 Å². The van der Waals surface area contributed by atoms with Gasteiger partial charge in [0, 0.05) is 5.56 Å². The van der Waals surface area contributed by atoms with Crippen LogP contribution < -0.4 is 9.47 Å². The summed E-state index contributed by atoms with van der Waals surface area (Å²) in [7, 11) is 0. The van der Waals surface area contributed by atoms with Crippen LogP contribution in [0.5, 0.6) is 11.5 Å². The molecule has 0 aromatic heterocycles. The Hall–Kier alpha value is -1.03. The normalized spacial score (nSPS) is 12.0. The van der Waals surface area contributed by atoms with E-state index in [1.165, 1.54) is 19.3 Å². The van der Waals surface area contributed by atoms with E-state index in [-0.39, 0.29) is 0 Å². The van der Waals surface area contributed by atoms with Gasteiger partial charge in [-0.15, -0.1) is 0 Å². The van der Waals surface area contributed by atoms with Crippen LogP contribution >= 0.6 is 15.9 Å². The van der Waals surface area contributed by atoms with E-state index < -0.39 is 0 Å². The van der Waals surface area contributed by atoms with E-state index >= 15 is 0 Å². The molecule has 0 radical (unpaired) electrons. The molecule has 0 saturated carbocycles. The van der Waals surface area contributed by atoms with Gasteiger partial charge in [0.25, 0.3) is 0 Å². The van der Waals surface area contributed by atoms with E-state index in [1.807, 2.05) is 6.92 Å². The number of carbonyl (C=O) groups is 1. The van der Waals surface area contributed by atoms with E-state index in [9.17, 15) is 4.79 Å². The highest BCUT2D eigenvalue weighted by Crippen LogP contribution is 2.37. The van der Waals surface area contributed by atoms with Crippen LogP contribution in [0.1, 0.15) is 56.8 Å². The molecule has 0 aliphatic heterocycles. The Labute approximate surface area is 136 Å². The molecule has 0 aliphatic rings. The Balaban J connectivity index is 2.82. The van der Waals surface area contributed by atoms with Gasteiger partial charge in [0.1, 0.15) is 6.29 Å². The molecule has 1 rings (SSSR count). The lowest BCUT2D eigenvalue weighted by Gasteiger charge is -2.18. The maximum Gasteiger partial charge on any atom is 0.175 e. The maximum absolute atomic E-state index is 10.9. The third-order valence-electron chi connectivity index (χ3n) is 3.47. The van der Waals surface area contributed by atoms with Crippen molar-refractivity contribution >= 4 is 22.2 Å². The van der Waals surface area contributed by atoms with Gasteiger partial charge in [-0.3, -0.25) is 4.79 Å². The van der Waals surface area contributed by atoms with Crippen molar-refractivity contribution in [2.45, 2.75) is 46.5 Å². The monoisotopic (exact) mass is 356 g/mol. The summed E-state index contributed by atoms with van der Waals surface area (Å²) in [5, 5.41) is 0. The van der Waals surface area contributed by atoms with Crippen LogP contribution in [-0.4, -0.2) is 19.5 Å². The van der Waals surface area contributed by atoms with Gasteiger partial charge in [-0.1, -0.05) is 33.1 Å². The third kappa shape index (κ3) is 5.70. The van der Waals surface area contributed by atoms with Gasteiger partial charge in [0.2, 0.25) is 0 Å². The summed E-state index contributed by atoms with van der Waals surface area (Å²) in [5.41, 5.74) is 0.579. The van der Waals surface area contributed by atoms with Gasteiger partial charge in [-0.2, -0.15) is 0 Å². The first-order valence-corrected chi connectivity index (χ1v) is 8.49. The van der Waals surface area contributed by atoms with E-state index in [2.05, 4.69) is 29.8 Å². The predicted octanol–water partition coefficient (Wildman–Crippen LogP) is 5.26. The highest BCUT2D eigenvalue weighted by molar-refractivity contribution is 9.10. The number of aldehydes is 1. The molecule has 0 spiro atoms. The second kappa shape index (κ2) is 9.82. The van der Waals surface area contributed by atoms with Crippen LogP contribution in [0.2, 0.25) is 0 Å². The molecule has 4 heteroatoms. The smallest absolute Gasteiger partial charge is 0.175 e. The second-order valence-corrected chi connectivity index (χ2v) is 5.96. The van der Waals surface area contributed by atoms with Crippen molar-refractivity contribution in [2.24, 2.45) is 5.92 Å². The maximum atomic E-state index is 10.9. The molecule has 0 saturated heterocycles. The number of hydrogen-bond acceptors (Lipinski definition) is 3. The number of hydrogen-bond donors (Lipinski definition) is 0. The molecule has 1 atom stereocenters. The zero-order chi connectivity index (χ0) is 15.7. The SMILES string of the molecule is CCCCC(CC)COc1c(Br)cc(C=O)cc1OCC. The molecule has 0 amide bonds. The molecule has 3 nitrogen and oxygen atoms in total. The predicted molar refractivity (Wildman–Crippen MR) is 89.5 cm³/mol. The summed E-state index contributed by atoms with van der Waals surface area (Å²) in [5.74, 6) is 1.87. The third-order valence-corrected chi connectivity index (χ3v) is 4.06. The van der Waals surface area contributed by atoms with Gasteiger partial charge in [-0.05, 0) is 47.3 Å². The number of rotatable bonds is 10. The summed E-state index contributed by atoms with van der Waals surface area (Å²) < 4.78 is 12.3. The van der Waals surface area contributed by atoms with Crippen molar-refractivity contribution in [3.8, 4) is 11.5 Å². The van der Waals surface area contributed by atoms with Crippen molar-refractivity contribution in [1.82, 2.24) is 0 Å². The van der Waals surface area contributed by atoms with Crippen LogP contribution in [0.25, 0.3) is 0 Å². The van der Waals surface area contributed by atoms with Gasteiger partial charge >= 0.3 is 0 Å². The van der Waals surface area contributed by atoms with Crippen LogP contribution in [0.3, 0.4) is 0 Å². The Kier molecular flexibility index (Phi) is 8.43. The minimum Gasteiger partial charge on any atom is -0.490 e. The van der Waals surface area contributed by atoms with Crippen LogP contribution in [-0.2, 0) is 0 Å². The first-order chi connectivity index (χ1) is 10.2. The van der Waals surface area contributed by atoms with Gasteiger partial charge in [-0.25, -0.2) is 0 Å². The average molecular weight is 357 g/mol. The van der Waals surface area contributed by atoms with Gasteiger partial charge in [0.05, 0.1) is 17.7 Å². The first-order valence-electron chi connectivity index (χ1n) is 7.70. The van der Waals surface area contributed by atoms with E-state index in [1.54, 1.807) is 12.1 Å². The van der Waals surface area contributed by atoms with Crippen molar-refractivity contribution in [3.63, 3.8) is 0 Å². The average Bonchev–Trinajstić information content (AvgIpc) is 2.49. The summed E-state index contributed by atoms with van der Waals surface area (Å²) >= 11 is 3.47. The minimum absolute atomic E-state index is 0.540. The van der Waals surface area contributed by atoms with Crippen LogP contribution in [0.15, 0.2) is 16.6 Å². The van der Waals surface area contributed by atoms with E-state index in [0.29, 0.717) is 36.2 Å². The van der Waals surface area contributed by atoms with Crippen molar-refractivity contribution < 1.29 is 14.3 Å². The van der Waals surface area contributed by atoms with Gasteiger partial charge in [0.15, 0.2) is 11.5 Å². The van der Waals surface area contributed by atoms with Gasteiger partial charge < -0.3 is 9.47 Å². The molecule has 118 valence electrons. The Morgan fingerprint density at radius 2 is 2.00 bits per heavy atom. The molecule has 0 N–H and O–H groups in total.